The van der Waals surface area contributed by atoms with Crippen LogP contribution in [0.5, 0.6) is 5.75 Å². The summed E-state index contributed by atoms with van der Waals surface area (Å²) in [7, 11) is 0. The van der Waals surface area contributed by atoms with Crippen molar-refractivity contribution in [2.24, 2.45) is 0 Å². The topological polar surface area (TPSA) is 38.0 Å². The maximum Gasteiger partial charge on any atom is 0.141 e. The van der Waals surface area contributed by atoms with Gasteiger partial charge in [0.25, 0.3) is 0 Å². The molecule has 2 aromatic carbocycles. The number of benzene rings is 2. The molecule has 0 aliphatic rings. The van der Waals surface area contributed by atoms with E-state index in [4.69, 9.17) is 11.6 Å². The van der Waals surface area contributed by atoms with Crippen LogP contribution in [0.4, 0.5) is 0 Å². The lowest BCUT2D eigenvalue weighted by atomic mass is 10.2. The smallest absolute Gasteiger partial charge is 0.141 e. The fourth-order valence-corrected chi connectivity index (χ4v) is 2.42. The summed E-state index contributed by atoms with van der Waals surface area (Å²) in [4.78, 5) is 4.64. The van der Waals surface area contributed by atoms with Crippen LogP contribution >= 0.6 is 11.6 Å². The SMILES string of the molecule is CCn1c(-c2ccc(O)cc2)nc2cc(Cl)ccc21. The van der Waals surface area contributed by atoms with E-state index in [9.17, 15) is 5.11 Å². The molecular weight excluding hydrogens is 260 g/mol. The Labute approximate surface area is 116 Å². The third kappa shape index (κ3) is 2.06. The van der Waals surface area contributed by atoms with Gasteiger partial charge in [-0.2, -0.15) is 0 Å². The zero-order chi connectivity index (χ0) is 13.4. The first kappa shape index (κ1) is 12.1. The second-order valence-corrected chi connectivity index (χ2v) is 4.80. The number of phenolic OH excluding ortho intramolecular Hbond substituents is 1. The Hall–Kier alpha value is -2.00. The highest BCUT2D eigenvalue weighted by molar-refractivity contribution is 6.31. The third-order valence-corrected chi connectivity index (χ3v) is 3.39. The molecule has 0 radical (unpaired) electrons. The number of nitrogens with zero attached hydrogens (tertiary/aromatic N) is 2. The van der Waals surface area contributed by atoms with Crippen molar-refractivity contribution in [1.29, 1.82) is 0 Å². The van der Waals surface area contributed by atoms with Gasteiger partial charge in [-0.25, -0.2) is 4.98 Å². The Balaban J connectivity index is 2.25. The predicted molar refractivity (Wildman–Crippen MR) is 77.5 cm³/mol. The molecule has 0 amide bonds. The van der Waals surface area contributed by atoms with Gasteiger partial charge in [0.1, 0.15) is 11.6 Å². The number of phenols is 1. The molecule has 1 N–H and O–H groups in total. The molecule has 3 aromatic rings. The number of rotatable bonds is 2. The van der Waals surface area contributed by atoms with Crippen LogP contribution in [-0.4, -0.2) is 14.7 Å². The number of fused-ring (bicyclic) bond motifs is 1. The van der Waals surface area contributed by atoms with Crippen LogP contribution < -0.4 is 0 Å². The van der Waals surface area contributed by atoms with E-state index in [0.717, 1.165) is 29.0 Å². The zero-order valence-electron chi connectivity index (χ0n) is 10.5. The van der Waals surface area contributed by atoms with Gasteiger partial charge < -0.3 is 9.67 Å². The van der Waals surface area contributed by atoms with Crippen molar-refractivity contribution in [2.75, 3.05) is 0 Å². The number of imidazole rings is 1. The Morgan fingerprint density at radius 2 is 1.89 bits per heavy atom. The highest BCUT2D eigenvalue weighted by Crippen LogP contribution is 2.27. The summed E-state index contributed by atoms with van der Waals surface area (Å²) in [6.07, 6.45) is 0. The van der Waals surface area contributed by atoms with Crippen LogP contribution in [0.25, 0.3) is 22.4 Å². The van der Waals surface area contributed by atoms with Crippen molar-refractivity contribution in [3.05, 3.63) is 47.5 Å². The molecule has 0 unspecified atom stereocenters. The molecule has 0 atom stereocenters. The van der Waals surface area contributed by atoms with E-state index in [1.165, 1.54) is 0 Å². The molecule has 0 spiro atoms. The van der Waals surface area contributed by atoms with Gasteiger partial charge in [0.15, 0.2) is 0 Å². The maximum atomic E-state index is 9.36. The lowest BCUT2D eigenvalue weighted by Gasteiger charge is -2.06. The first-order valence-corrected chi connectivity index (χ1v) is 6.52. The van der Waals surface area contributed by atoms with Crippen LogP contribution in [0.3, 0.4) is 0 Å². The fraction of sp³-hybridized carbons (Fsp3) is 0.133. The molecule has 0 saturated carbocycles. The molecule has 0 fully saturated rings. The lowest BCUT2D eigenvalue weighted by Crippen LogP contribution is -1.97. The molecule has 96 valence electrons. The quantitative estimate of drug-likeness (QED) is 0.763. The molecule has 3 rings (SSSR count). The van der Waals surface area contributed by atoms with E-state index in [2.05, 4.69) is 16.5 Å². The molecule has 1 aromatic heterocycles. The van der Waals surface area contributed by atoms with Crippen LogP contribution in [0.2, 0.25) is 5.02 Å². The number of hydrogen-bond acceptors (Lipinski definition) is 2. The summed E-state index contributed by atoms with van der Waals surface area (Å²) >= 11 is 6.01. The van der Waals surface area contributed by atoms with Crippen LogP contribution in [0.15, 0.2) is 42.5 Å². The minimum atomic E-state index is 0.256. The number of aryl methyl sites for hydroxylation is 1. The van der Waals surface area contributed by atoms with Gasteiger partial charge in [-0.3, -0.25) is 0 Å². The van der Waals surface area contributed by atoms with E-state index in [1.54, 1.807) is 12.1 Å². The van der Waals surface area contributed by atoms with Gasteiger partial charge in [0.05, 0.1) is 11.0 Å². The van der Waals surface area contributed by atoms with Gasteiger partial charge in [-0.15, -0.1) is 0 Å². The summed E-state index contributed by atoms with van der Waals surface area (Å²) in [6, 6.07) is 12.8. The minimum Gasteiger partial charge on any atom is -0.508 e. The fourth-order valence-electron chi connectivity index (χ4n) is 2.25. The van der Waals surface area contributed by atoms with Crippen LogP contribution in [0, 0.1) is 0 Å². The summed E-state index contributed by atoms with van der Waals surface area (Å²) in [5.74, 6) is 1.14. The van der Waals surface area contributed by atoms with Crippen molar-refractivity contribution in [3.8, 4) is 17.1 Å². The summed E-state index contributed by atoms with van der Waals surface area (Å²) in [5, 5.41) is 10.0. The number of halogens is 1. The molecule has 19 heavy (non-hydrogen) atoms. The van der Waals surface area contributed by atoms with Crippen LogP contribution in [-0.2, 0) is 6.54 Å². The van der Waals surface area contributed by atoms with Gasteiger partial charge in [-0.05, 0) is 49.4 Å². The molecular formula is C15H13ClN2O. The van der Waals surface area contributed by atoms with E-state index < -0.39 is 0 Å². The zero-order valence-corrected chi connectivity index (χ0v) is 11.2. The Morgan fingerprint density at radius 3 is 2.58 bits per heavy atom. The third-order valence-electron chi connectivity index (χ3n) is 3.15. The summed E-state index contributed by atoms with van der Waals surface area (Å²) in [5.41, 5.74) is 2.93. The van der Waals surface area contributed by atoms with Crippen molar-refractivity contribution in [1.82, 2.24) is 9.55 Å². The molecule has 1 heterocycles. The van der Waals surface area contributed by atoms with Gasteiger partial charge in [-0.1, -0.05) is 11.6 Å². The molecule has 0 saturated heterocycles. The minimum absolute atomic E-state index is 0.256. The standard InChI is InChI=1S/C15H13ClN2O/c1-2-18-14-8-5-11(16)9-13(14)17-15(18)10-3-6-12(19)7-4-10/h3-9,19H,2H2,1H3. The average Bonchev–Trinajstić information content (AvgIpc) is 2.77. The lowest BCUT2D eigenvalue weighted by molar-refractivity contribution is 0.475. The van der Waals surface area contributed by atoms with E-state index in [0.29, 0.717) is 5.02 Å². The summed E-state index contributed by atoms with van der Waals surface area (Å²) < 4.78 is 2.14. The summed E-state index contributed by atoms with van der Waals surface area (Å²) in [6.45, 7) is 2.91. The molecule has 0 bridgehead atoms. The van der Waals surface area contributed by atoms with Crippen molar-refractivity contribution in [2.45, 2.75) is 13.5 Å². The Morgan fingerprint density at radius 1 is 1.16 bits per heavy atom. The highest BCUT2D eigenvalue weighted by Gasteiger charge is 2.11. The Bertz CT molecular complexity index is 732. The van der Waals surface area contributed by atoms with E-state index in [-0.39, 0.29) is 5.75 Å². The normalized spacial score (nSPS) is 11.1. The molecule has 4 heteroatoms. The second kappa shape index (κ2) is 4.59. The first-order chi connectivity index (χ1) is 9.19. The predicted octanol–water partition coefficient (Wildman–Crippen LogP) is 4.08. The van der Waals surface area contributed by atoms with E-state index >= 15 is 0 Å². The number of aromatic hydroxyl groups is 1. The van der Waals surface area contributed by atoms with E-state index in [1.807, 2.05) is 30.3 Å². The average molecular weight is 273 g/mol. The van der Waals surface area contributed by atoms with Crippen molar-refractivity contribution >= 4 is 22.6 Å². The van der Waals surface area contributed by atoms with Crippen molar-refractivity contribution < 1.29 is 5.11 Å². The largest absolute Gasteiger partial charge is 0.508 e. The number of aromatic nitrogens is 2. The Kier molecular flexibility index (Phi) is 2.91. The van der Waals surface area contributed by atoms with Gasteiger partial charge >= 0.3 is 0 Å². The van der Waals surface area contributed by atoms with Crippen molar-refractivity contribution in [3.63, 3.8) is 0 Å². The first-order valence-electron chi connectivity index (χ1n) is 6.14. The van der Waals surface area contributed by atoms with Crippen LogP contribution in [0.1, 0.15) is 6.92 Å². The number of hydrogen-bond donors (Lipinski definition) is 1. The van der Waals surface area contributed by atoms with Gasteiger partial charge in [0.2, 0.25) is 0 Å². The highest BCUT2D eigenvalue weighted by atomic mass is 35.5. The monoisotopic (exact) mass is 272 g/mol. The second-order valence-electron chi connectivity index (χ2n) is 4.36. The van der Waals surface area contributed by atoms with Gasteiger partial charge in [0, 0.05) is 17.1 Å². The maximum absolute atomic E-state index is 9.36. The molecule has 0 aliphatic heterocycles. The molecule has 3 nitrogen and oxygen atoms in total. The molecule has 0 aliphatic carbocycles.